The third-order valence-corrected chi connectivity index (χ3v) is 7.22. The van der Waals surface area contributed by atoms with Crippen LogP contribution in [0.5, 0.6) is 0 Å². The minimum atomic E-state index is -0.804. The second kappa shape index (κ2) is 11.3. The summed E-state index contributed by atoms with van der Waals surface area (Å²) >= 11 is 0. The SMILES string of the molecule is O=C(COC(=O)c1cccc(N2C(=O)[C@H]3C[C@H](c4ccccc4)CC[C@H]3C2=O)c1)NNC(=O)c1ccccc1. The first-order valence-electron chi connectivity index (χ1n) is 12.8. The number of rotatable bonds is 6. The average Bonchev–Trinajstić information content (AvgIpc) is 3.24. The van der Waals surface area contributed by atoms with E-state index in [0.717, 1.165) is 6.42 Å². The number of fused-ring (bicyclic) bond motifs is 1. The van der Waals surface area contributed by atoms with E-state index in [0.29, 0.717) is 24.1 Å². The van der Waals surface area contributed by atoms with Gasteiger partial charge in [0, 0.05) is 5.56 Å². The number of amides is 4. The molecule has 1 aliphatic carbocycles. The van der Waals surface area contributed by atoms with Gasteiger partial charge in [-0.1, -0.05) is 54.6 Å². The quantitative estimate of drug-likeness (QED) is 0.289. The van der Waals surface area contributed by atoms with Crippen LogP contribution in [0.15, 0.2) is 84.9 Å². The summed E-state index contributed by atoms with van der Waals surface area (Å²) in [4.78, 5) is 64.4. The molecular formula is C30H27N3O6. The minimum absolute atomic E-state index is 0.0891. The summed E-state index contributed by atoms with van der Waals surface area (Å²) in [6.07, 6.45) is 2.06. The minimum Gasteiger partial charge on any atom is -0.452 e. The van der Waals surface area contributed by atoms with Gasteiger partial charge >= 0.3 is 5.97 Å². The number of nitrogens with zero attached hydrogens (tertiary/aromatic N) is 1. The van der Waals surface area contributed by atoms with E-state index in [4.69, 9.17) is 4.74 Å². The summed E-state index contributed by atoms with van der Waals surface area (Å²) in [6.45, 7) is -0.634. The van der Waals surface area contributed by atoms with Crippen molar-refractivity contribution in [2.75, 3.05) is 11.5 Å². The summed E-state index contributed by atoms with van der Waals surface area (Å²) in [5.41, 5.74) is 6.34. The van der Waals surface area contributed by atoms with Gasteiger partial charge in [-0.05, 0) is 61.1 Å². The fraction of sp³-hybridized carbons (Fsp3) is 0.233. The Kier molecular flexibility index (Phi) is 7.49. The zero-order valence-corrected chi connectivity index (χ0v) is 21.0. The van der Waals surface area contributed by atoms with Crippen LogP contribution in [0.4, 0.5) is 5.69 Å². The molecule has 9 nitrogen and oxygen atoms in total. The van der Waals surface area contributed by atoms with Crippen LogP contribution < -0.4 is 15.8 Å². The van der Waals surface area contributed by atoms with E-state index in [-0.39, 0.29) is 29.2 Å². The molecule has 3 aromatic rings. The number of hydrogen-bond donors (Lipinski definition) is 2. The number of ether oxygens (including phenoxy) is 1. The number of imide groups is 1. The fourth-order valence-corrected chi connectivity index (χ4v) is 5.27. The van der Waals surface area contributed by atoms with Gasteiger partial charge in [0.05, 0.1) is 23.1 Å². The van der Waals surface area contributed by atoms with Gasteiger partial charge < -0.3 is 4.74 Å². The second-order valence-electron chi connectivity index (χ2n) is 9.64. The van der Waals surface area contributed by atoms with Crippen molar-refractivity contribution in [1.29, 1.82) is 0 Å². The third-order valence-electron chi connectivity index (χ3n) is 7.22. The fourth-order valence-electron chi connectivity index (χ4n) is 5.27. The highest BCUT2D eigenvalue weighted by molar-refractivity contribution is 6.22. The zero-order valence-electron chi connectivity index (χ0n) is 21.0. The zero-order chi connectivity index (χ0) is 27.4. The van der Waals surface area contributed by atoms with Crippen LogP contribution >= 0.6 is 0 Å². The van der Waals surface area contributed by atoms with Crippen LogP contribution in [0.3, 0.4) is 0 Å². The number of carbonyl (C=O) groups is 5. The highest BCUT2D eigenvalue weighted by Gasteiger charge is 2.50. The Hall–Kier alpha value is -4.79. The van der Waals surface area contributed by atoms with Crippen LogP contribution in [0.25, 0.3) is 0 Å². The molecule has 198 valence electrons. The number of benzene rings is 3. The maximum absolute atomic E-state index is 13.4. The molecule has 2 fully saturated rings. The molecule has 3 aromatic carbocycles. The summed E-state index contributed by atoms with van der Waals surface area (Å²) in [5.74, 6) is -3.12. The first kappa shape index (κ1) is 25.8. The maximum atomic E-state index is 13.4. The van der Waals surface area contributed by atoms with Crippen LogP contribution in [0.2, 0.25) is 0 Å². The Morgan fingerprint density at radius 2 is 1.44 bits per heavy atom. The molecule has 1 saturated carbocycles. The maximum Gasteiger partial charge on any atom is 0.338 e. The third kappa shape index (κ3) is 5.57. The van der Waals surface area contributed by atoms with Crippen molar-refractivity contribution in [1.82, 2.24) is 10.9 Å². The standard InChI is InChI=1S/C30H27N3O6/c34-26(31-32-27(35)20-10-5-2-6-11-20)18-39-30(38)22-12-7-13-23(16-22)33-28(36)24-15-14-21(17-25(24)29(33)37)19-8-3-1-4-9-19/h1-13,16,21,24-25H,14-15,17-18H2,(H,31,34)(H,32,35)/t21-,24-,25+/m1/s1. The molecule has 1 heterocycles. The summed E-state index contributed by atoms with van der Waals surface area (Å²) in [7, 11) is 0. The Balaban J connectivity index is 1.19. The number of nitrogens with one attached hydrogen (secondary N) is 2. The average molecular weight is 526 g/mol. The lowest BCUT2D eigenvalue weighted by atomic mass is 9.73. The second-order valence-corrected chi connectivity index (χ2v) is 9.64. The Labute approximate surface area is 225 Å². The predicted octanol–water partition coefficient (Wildman–Crippen LogP) is 3.38. The molecule has 4 amide bonds. The summed E-state index contributed by atoms with van der Waals surface area (Å²) < 4.78 is 5.07. The van der Waals surface area contributed by atoms with Crippen LogP contribution in [0, 0.1) is 11.8 Å². The Morgan fingerprint density at radius 3 is 2.18 bits per heavy atom. The van der Waals surface area contributed by atoms with E-state index < -0.39 is 30.3 Å². The molecule has 0 unspecified atom stereocenters. The van der Waals surface area contributed by atoms with Gasteiger partial charge in [-0.2, -0.15) is 0 Å². The molecule has 0 aromatic heterocycles. The first-order valence-corrected chi connectivity index (χ1v) is 12.8. The topological polar surface area (TPSA) is 122 Å². The molecule has 3 atom stereocenters. The van der Waals surface area contributed by atoms with E-state index in [9.17, 15) is 24.0 Å². The van der Waals surface area contributed by atoms with E-state index in [1.54, 1.807) is 42.5 Å². The van der Waals surface area contributed by atoms with Crippen LogP contribution in [0.1, 0.15) is 51.5 Å². The van der Waals surface area contributed by atoms with Gasteiger partial charge in [-0.3, -0.25) is 34.9 Å². The largest absolute Gasteiger partial charge is 0.452 e. The monoisotopic (exact) mass is 525 g/mol. The van der Waals surface area contributed by atoms with Crippen molar-refractivity contribution in [2.24, 2.45) is 11.8 Å². The van der Waals surface area contributed by atoms with Crippen molar-refractivity contribution in [3.05, 3.63) is 102 Å². The van der Waals surface area contributed by atoms with Crippen LogP contribution in [-0.4, -0.2) is 36.2 Å². The van der Waals surface area contributed by atoms with Gasteiger partial charge in [0.15, 0.2) is 6.61 Å². The normalized spacial score (nSPS) is 20.2. The Morgan fingerprint density at radius 1 is 0.769 bits per heavy atom. The molecule has 2 aliphatic rings. The van der Waals surface area contributed by atoms with E-state index >= 15 is 0 Å². The van der Waals surface area contributed by atoms with Gasteiger partial charge in [-0.25, -0.2) is 4.79 Å². The van der Waals surface area contributed by atoms with E-state index in [2.05, 4.69) is 23.0 Å². The van der Waals surface area contributed by atoms with E-state index in [1.807, 2.05) is 18.2 Å². The molecular weight excluding hydrogens is 498 g/mol. The molecule has 0 radical (unpaired) electrons. The molecule has 0 spiro atoms. The van der Waals surface area contributed by atoms with Crippen molar-refractivity contribution >= 4 is 35.3 Å². The molecule has 0 bridgehead atoms. The van der Waals surface area contributed by atoms with Crippen molar-refractivity contribution in [3.8, 4) is 0 Å². The number of anilines is 1. The van der Waals surface area contributed by atoms with Crippen molar-refractivity contribution in [2.45, 2.75) is 25.2 Å². The number of hydrazine groups is 1. The molecule has 1 saturated heterocycles. The number of esters is 1. The summed E-state index contributed by atoms with van der Waals surface area (Å²) in [5, 5.41) is 0. The van der Waals surface area contributed by atoms with Gasteiger partial charge in [0.25, 0.3) is 11.8 Å². The van der Waals surface area contributed by atoms with Crippen molar-refractivity contribution < 1.29 is 28.7 Å². The summed E-state index contributed by atoms with van der Waals surface area (Å²) in [6, 6.07) is 24.4. The predicted molar refractivity (Wildman–Crippen MR) is 141 cm³/mol. The lowest BCUT2D eigenvalue weighted by molar-refractivity contribution is -0.125. The molecule has 1 aliphatic heterocycles. The lowest BCUT2D eigenvalue weighted by Gasteiger charge is -2.28. The van der Waals surface area contributed by atoms with Crippen LogP contribution in [-0.2, 0) is 19.1 Å². The number of carbonyl (C=O) groups excluding carboxylic acids is 5. The highest BCUT2D eigenvalue weighted by Crippen LogP contribution is 2.45. The molecule has 9 heteroatoms. The Bertz CT molecular complexity index is 1410. The molecule has 5 rings (SSSR count). The molecule has 2 N–H and O–H groups in total. The number of hydrogen-bond acceptors (Lipinski definition) is 6. The van der Waals surface area contributed by atoms with Crippen molar-refractivity contribution in [3.63, 3.8) is 0 Å². The van der Waals surface area contributed by atoms with Gasteiger partial charge in [0.2, 0.25) is 11.8 Å². The molecule has 39 heavy (non-hydrogen) atoms. The lowest BCUT2D eigenvalue weighted by Crippen LogP contribution is -2.43. The first-order chi connectivity index (χ1) is 18.9. The van der Waals surface area contributed by atoms with Gasteiger partial charge in [-0.15, -0.1) is 0 Å². The smallest absolute Gasteiger partial charge is 0.338 e. The van der Waals surface area contributed by atoms with Gasteiger partial charge in [0.1, 0.15) is 0 Å². The van der Waals surface area contributed by atoms with E-state index in [1.165, 1.54) is 22.6 Å². The highest BCUT2D eigenvalue weighted by atomic mass is 16.5.